The minimum Gasteiger partial charge on any atom is -0.466 e. The van der Waals surface area contributed by atoms with Gasteiger partial charge in [0.25, 0.3) is 0 Å². The van der Waals surface area contributed by atoms with E-state index in [1.807, 2.05) is 0 Å². The van der Waals surface area contributed by atoms with Crippen LogP contribution in [0.25, 0.3) is 0 Å². The number of carbonyl (C=O) groups excluding carboxylic acids is 1. The molecule has 1 aromatic rings. The maximum absolute atomic E-state index is 14.2. The van der Waals surface area contributed by atoms with E-state index in [0.717, 1.165) is 6.07 Å². The van der Waals surface area contributed by atoms with Gasteiger partial charge in [-0.1, -0.05) is 12.1 Å². The average Bonchev–Trinajstić information content (AvgIpc) is 2.40. The molecule has 23 heavy (non-hydrogen) atoms. The van der Waals surface area contributed by atoms with Crippen LogP contribution in [0.2, 0.25) is 0 Å². The molecule has 4 nitrogen and oxygen atoms in total. The molecule has 0 aliphatic heterocycles. The van der Waals surface area contributed by atoms with E-state index in [0.29, 0.717) is 0 Å². The molecule has 0 radical (unpaired) electrons. The Kier molecular flexibility index (Phi) is 6.41. The summed E-state index contributed by atoms with van der Waals surface area (Å²) in [6.07, 6.45) is -0.275. The SMILES string of the molecule is CCOC(=O)C[C@](C)(N[S@](=O)C(C)(C)C)c1cccc(F)c1F. The number of halogens is 2. The van der Waals surface area contributed by atoms with Crippen LogP contribution in [0.3, 0.4) is 0 Å². The summed E-state index contributed by atoms with van der Waals surface area (Å²) in [6.45, 7) is 8.54. The third-order valence-corrected chi connectivity index (χ3v) is 4.97. The third-order valence-electron chi connectivity index (χ3n) is 3.22. The van der Waals surface area contributed by atoms with Gasteiger partial charge in [-0.15, -0.1) is 0 Å². The molecule has 2 atom stereocenters. The Labute approximate surface area is 138 Å². The fraction of sp³-hybridized carbons (Fsp3) is 0.562. The fourth-order valence-electron chi connectivity index (χ4n) is 1.97. The molecule has 0 saturated carbocycles. The van der Waals surface area contributed by atoms with Crippen molar-refractivity contribution in [1.82, 2.24) is 4.72 Å². The van der Waals surface area contributed by atoms with Crippen LogP contribution in [0.5, 0.6) is 0 Å². The van der Waals surface area contributed by atoms with E-state index in [1.165, 1.54) is 19.1 Å². The molecule has 0 aromatic heterocycles. The Morgan fingerprint density at radius 1 is 1.26 bits per heavy atom. The highest BCUT2D eigenvalue weighted by Crippen LogP contribution is 2.30. The highest BCUT2D eigenvalue weighted by molar-refractivity contribution is 7.84. The monoisotopic (exact) mass is 347 g/mol. The summed E-state index contributed by atoms with van der Waals surface area (Å²) in [6, 6.07) is 3.70. The Morgan fingerprint density at radius 2 is 1.87 bits per heavy atom. The van der Waals surface area contributed by atoms with Gasteiger partial charge in [-0.2, -0.15) is 0 Å². The van der Waals surface area contributed by atoms with Crippen LogP contribution < -0.4 is 4.72 Å². The Balaban J connectivity index is 3.28. The van der Waals surface area contributed by atoms with E-state index in [2.05, 4.69) is 4.72 Å². The molecule has 130 valence electrons. The number of rotatable bonds is 6. The van der Waals surface area contributed by atoms with Crippen LogP contribution in [-0.2, 0) is 26.1 Å². The fourth-order valence-corrected chi connectivity index (χ4v) is 2.87. The topological polar surface area (TPSA) is 55.4 Å². The summed E-state index contributed by atoms with van der Waals surface area (Å²) in [5, 5.41) is 0. The first kappa shape index (κ1) is 19.7. The highest BCUT2D eigenvalue weighted by atomic mass is 32.2. The summed E-state index contributed by atoms with van der Waals surface area (Å²) >= 11 is 0. The average molecular weight is 347 g/mol. The van der Waals surface area contributed by atoms with Crippen LogP contribution in [-0.4, -0.2) is 21.5 Å². The molecule has 0 aliphatic rings. The lowest BCUT2D eigenvalue weighted by Gasteiger charge is -2.33. The summed E-state index contributed by atoms with van der Waals surface area (Å²) in [5.41, 5.74) is -1.43. The number of ether oxygens (including phenoxy) is 1. The lowest BCUT2D eigenvalue weighted by molar-refractivity contribution is -0.144. The smallest absolute Gasteiger partial charge is 0.308 e. The summed E-state index contributed by atoms with van der Waals surface area (Å²) in [4.78, 5) is 11.9. The molecular weight excluding hydrogens is 324 g/mol. The minimum atomic E-state index is -1.59. The van der Waals surface area contributed by atoms with E-state index in [9.17, 15) is 17.8 Å². The molecule has 0 amide bonds. The van der Waals surface area contributed by atoms with Crippen molar-refractivity contribution in [3.63, 3.8) is 0 Å². The van der Waals surface area contributed by atoms with Crippen LogP contribution >= 0.6 is 0 Å². The molecule has 0 bridgehead atoms. The molecule has 0 aliphatic carbocycles. The standard InChI is InChI=1S/C16H23F2NO3S/c1-6-22-13(20)10-16(5,19-23(21)15(2,3)4)11-8-7-9-12(17)14(11)18/h7-9,19H,6,10H2,1-5H3/t16-,23+/m0/s1. The van der Waals surface area contributed by atoms with Gasteiger partial charge in [0, 0.05) is 5.56 Å². The van der Waals surface area contributed by atoms with Crippen molar-refractivity contribution in [2.45, 2.75) is 51.3 Å². The van der Waals surface area contributed by atoms with E-state index < -0.39 is 38.9 Å². The van der Waals surface area contributed by atoms with E-state index >= 15 is 0 Å². The first-order valence-corrected chi connectivity index (χ1v) is 8.46. The molecular formula is C16H23F2NO3S. The lowest BCUT2D eigenvalue weighted by atomic mass is 9.89. The highest BCUT2D eigenvalue weighted by Gasteiger charge is 2.37. The van der Waals surface area contributed by atoms with Crippen molar-refractivity contribution >= 4 is 17.0 Å². The molecule has 0 unspecified atom stereocenters. The molecule has 1 rings (SSSR count). The molecule has 7 heteroatoms. The van der Waals surface area contributed by atoms with Gasteiger partial charge in [-0.05, 0) is 40.7 Å². The van der Waals surface area contributed by atoms with Gasteiger partial charge in [0.2, 0.25) is 0 Å². The second-order valence-corrected chi connectivity index (χ2v) is 8.36. The predicted octanol–water partition coefficient (Wildman–Crippen LogP) is 3.19. The van der Waals surface area contributed by atoms with Crippen molar-refractivity contribution in [3.8, 4) is 0 Å². The van der Waals surface area contributed by atoms with Crippen molar-refractivity contribution < 1.29 is 22.5 Å². The van der Waals surface area contributed by atoms with Crippen LogP contribution in [0.4, 0.5) is 8.78 Å². The molecule has 1 N–H and O–H groups in total. The quantitative estimate of drug-likeness (QED) is 0.804. The van der Waals surface area contributed by atoms with Crippen LogP contribution in [0, 0.1) is 11.6 Å². The van der Waals surface area contributed by atoms with Gasteiger partial charge in [0.1, 0.15) is 0 Å². The van der Waals surface area contributed by atoms with Gasteiger partial charge in [0.15, 0.2) is 11.6 Å². The van der Waals surface area contributed by atoms with Crippen molar-refractivity contribution in [2.75, 3.05) is 6.61 Å². The third kappa shape index (κ3) is 5.07. The van der Waals surface area contributed by atoms with Gasteiger partial charge in [-0.25, -0.2) is 17.7 Å². The lowest BCUT2D eigenvalue weighted by Crippen LogP contribution is -2.48. The Hall–Kier alpha value is -1.34. The number of hydrogen-bond acceptors (Lipinski definition) is 3. The zero-order chi connectivity index (χ0) is 17.8. The maximum Gasteiger partial charge on any atom is 0.308 e. The normalized spacial score (nSPS) is 15.8. The Bertz CT molecular complexity index is 601. The first-order valence-electron chi connectivity index (χ1n) is 7.31. The molecule has 0 spiro atoms. The summed E-state index contributed by atoms with van der Waals surface area (Å²) in [5.74, 6) is -2.68. The van der Waals surface area contributed by atoms with Crippen LogP contribution in [0.1, 0.15) is 46.6 Å². The summed E-state index contributed by atoms with van der Waals surface area (Å²) < 4.78 is 47.2. The van der Waals surface area contributed by atoms with Crippen LogP contribution in [0.15, 0.2) is 18.2 Å². The second kappa shape index (κ2) is 7.49. The second-order valence-electron chi connectivity index (χ2n) is 6.40. The van der Waals surface area contributed by atoms with Gasteiger partial charge >= 0.3 is 5.97 Å². The van der Waals surface area contributed by atoms with Gasteiger partial charge in [0.05, 0.1) is 34.3 Å². The number of nitrogens with one attached hydrogen (secondary N) is 1. The van der Waals surface area contributed by atoms with Crippen molar-refractivity contribution in [3.05, 3.63) is 35.4 Å². The number of benzene rings is 1. The first-order chi connectivity index (χ1) is 10.5. The molecule has 0 fully saturated rings. The van der Waals surface area contributed by atoms with E-state index in [1.54, 1.807) is 27.7 Å². The zero-order valence-corrected chi connectivity index (χ0v) is 14.9. The minimum absolute atomic E-state index is 0.0665. The van der Waals surface area contributed by atoms with Gasteiger partial charge < -0.3 is 4.74 Å². The largest absolute Gasteiger partial charge is 0.466 e. The van der Waals surface area contributed by atoms with E-state index in [4.69, 9.17) is 4.74 Å². The number of carbonyl (C=O) groups is 1. The van der Waals surface area contributed by atoms with Gasteiger partial charge in [-0.3, -0.25) is 4.79 Å². The number of hydrogen-bond donors (Lipinski definition) is 1. The number of esters is 1. The predicted molar refractivity (Wildman–Crippen MR) is 86.0 cm³/mol. The van der Waals surface area contributed by atoms with Crippen molar-refractivity contribution in [1.29, 1.82) is 0 Å². The zero-order valence-electron chi connectivity index (χ0n) is 14.0. The Morgan fingerprint density at radius 3 is 2.39 bits per heavy atom. The van der Waals surface area contributed by atoms with Crippen molar-refractivity contribution in [2.24, 2.45) is 0 Å². The summed E-state index contributed by atoms with van der Waals surface area (Å²) in [7, 11) is -1.59. The molecule has 0 saturated heterocycles. The molecule has 1 aromatic carbocycles. The maximum atomic E-state index is 14.2. The van der Waals surface area contributed by atoms with E-state index in [-0.39, 0.29) is 18.6 Å². The molecule has 0 heterocycles.